The van der Waals surface area contributed by atoms with Gasteiger partial charge in [0, 0.05) is 30.6 Å². The summed E-state index contributed by atoms with van der Waals surface area (Å²) < 4.78 is 38.2. The SMILES string of the molecule is CCNCc1ccc2c(ccn2CCSC(F)(F)F)c1. The number of rotatable bonds is 6. The Kier molecular flexibility index (Phi) is 4.99. The summed E-state index contributed by atoms with van der Waals surface area (Å²) in [6.07, 6.45) is 1.85. The Bertz CT molecular complexity index is 563. The number of aryl methyl sites for hydroxylation is 1. The number of nitrogens with zero attached hydrogens (tertiary/aromatic N) is 1. The van der Waals surface area contributed by atoms with E-state index in [9.17, 15) is 13.2 Å². The topological polar surface area (TPSA) is 17.0 Å². The predicted octanol–water partition coefficient (Wildman–Crippen LogP) is 4.00. The second-order valence-electron chi connectivity index (χ2n) is 4.48. The van der Waals surface area contributed by atoms with E-state index < -0.39 is 5.51 Å². The molecule has 0 amide bonds. The Morgan fingerprint density at radius 3 is 2.75 bits per heavy atom. The van der Waals surface area contributed by atoms with Crippen molar-refractivity contribution >= 4 is 22.7 Å². The summed E-state index contributed by atoms with van der Waals surface area (Å²) in [6, 6.07) is 8.01. The summed E-state index contributed by atoms with van der Waals surface area (Å²) in [6.45, 7) is 4.13. The van der Waals surface area contributed by atoms with Crippen molar-refractivity contribution in [2.24, 2.45) is 0 Å². The fourth-order valence-electron chi connectivity index (χ4n) is 2.08. The summed E-state index contributed by atoms with van der Waals surface area (Å²) in [4.78, 5) is 0. The summed E-state index contributed by atoms with van der Waals surface area (Å²) >= 11 is 0.0238. The molecule has 0 fully saturated rings. The van der Waals surface area contributed by atoms with E-state index in [0.717, 1.165) is 24.0 Å². The van der Waals surface area contributed by atoms with Crippen molar-refractivity contribution in [3.63, 3.8) is 0 Å². The van der Waals surface area contributed by atoms with E-state index in [0.29, 0.717) is 6.54 Å². The molecule has 2 rings (SSSR count). The zero-order chi connectivity index (χ0) is 14.6. The van der Waals surface area contributed by atoms with Gasteiger partial charge >= 0.3 is 5.51 Å². The Hall–Kier alpha value is -1.14. The molecule has 6 heteroatoms. The maximum Gasteiger partial charge on any atom is 0.441 e. The molecule has 0 spiro atoms. The molecule has 0 unspecified atom stereocenters. The van der Waals surface area contributed by atoms with Crippen molar-refractivity contribution in [2.75, 3.05) is 12.3 Å². The van der Waals surface area contributed by atoms with Gasteiger partial charge in [-0.05, 0) is 47.5 Å². The smallest absolute Gasteiger partial charge is 0.347 e. The van der Waals surface area contributed by atoms with Crippen molar-refractivity contribution in [3.8, 4) is 0 Å². The molecular weight excluding hydrogens is 285 g/mol. The molecule has 20 heavy (non-hydrogen) atoms. The van der Waals surface area contributed by atoms with Gasteiger partial charge in [0.1, 0.15) is 0 Å². The minimum atomic E-state index is -4.15. The van der Waals surface area contributed by atoms with Gasteiger partial charge < -0.3 is 9.88 Å². The van der Waals surface area contributed by atoms with Gasteiger partial charge in [0.15, 0.2) is 0 Å². The lowest BCUT2D eigenvalue weighted by Crippen LogP contribution is -2.11. The lowest BCUT2D eigenvalue weighted by atomic mass is 10.1. The van der Waals surface area contributed by atoms with Crippen LogP contribution in [0.1, 0.15) is 12.5 Å². The third-order valence-corrected chi connectivity index (χ3v) is 3.73. The number of thioether (sulfide) groups is 1. The summed E-state index contributed by atoms with van der Waals surface area (Å²) in [5.74, 6) is 0.0341. The van der Waals surface area contributed by atoms with Gasteiger partial charge in [-0.15, -0.1) is 0 Å². The molecule has 2 nitrogen and oxygen atoms in total. The normalized spacial score (nSPS) is 12.2. The number of benzene rings is 1. The van der Waals surface area contributed by atoms with E-state index in [1.807, 2.05) is 35.9 Å². The van der Waals surface area contributed by atoms with E-state index in [1.165, 1.54) is 5.56 Å². The monoisotopic (exact) mass is 302 g/mol. The van der Waals surface area contributed by atoms with E-state index in [4.69, 9.17) is 0 Å². The number of hydrogen-bond donors (Lipinski definition) is 1. The zero-order valence-corrected chi connectivity index (χ0v) is 12.0. The maximum absolute atomic E-state index is 12.1. The Balaban J connectivity index is 2.04. The second kappa shape index (κ2) is 6.54. The van der Waals surface area contributed by atoms with E-state index in [-0.39, 0.29) is 17.5 Å². The molecule has 0 radical (unpaired) electrons. The molecule has 0 aliphatic carbocycles. The van der Waals surface area contributed by atoms with Crippen LogP contribution in [0.4, 0.5) is 13.2 Å². The van der Waals surface area contributed by atoms with Gasteiger partial charge in [-0.1, -0.05) is 13.0 Å². The summed E-state index contributed by atoms with van der Waals surface area (Å²) in [5.41, 5.74) is -1.99. The van der Waals surface area contributed by atoms with Crippen LogP contribution in [0, 0.1) is 0 Å². The highest BCUT2D eigenvalue weighted by Gasteiger charge is 2.27. The highest BCUT2D eigenvalue weighted by atomic mass is 32.2. The first-order valence-electron chi connectivity index (χ1n) is 6.49. The quantitative estimate of drug-likeness (QED) is 0.868. The Labute approximate surface area is 120 Å². The molecule has 0 atom stereocenters. The Morgan fingerprint density at radius 2 is 2.05 bits per heavy atom. The van der Waals surface area contributed by atoms with Crippen LogP contribution in [0.2, 0.25) is 0 Å². The van der Waals surface area contributed by atoms with E-state index in [2.05, 4.69) is 11.4 Å². The lowest BCUT2D eigenvalue weighted by molar-refractivity contribution is -0.0328. The standard InChI is InChI=1S/C14H17F3N2S/c1-2-18-10-11-3-4-13-12(9-11)5-6-19(13)7-8-20-14(15,16)17/h3-6,9,18H,2,7-8,10H2,1H3. The fourth-order valence-corrected chi connectivity index (χ4v) is 2.60. The highest BCUT2D eigenvalue weighted by Crippen LogP contribution is 2.30. The van der Waals surface area contributed by atoms with Crippen molar-refractivity contribution < 1.29 is 13.2 Å². The molecule has 0 aliphatic heterocycles. The van der Waals surface area contributed by atoms with Crippen LogP contribution in [0.15, 0.2) is 30.5 Å². The van der Waals surface area contributed by atoms with Crippen molar-refractivity contribution in [1.29, 1.82) is 0 Å². The maximum atomic E-state index is 12.1. The third-order valence-electron chi connectivity index (χ3n) is 3.01. The van der Waals surface area contributed by atoms with Crippen molar-refractivity contribution in [1.82, 2.24) is 9.88 Å². The Morgan fingerprint density at radius 1 is 1.25 bits per heavy atom. The average molecular weight is 302 g/mol. The fraction of sp³-hybridized carbons (Fsp3) is 0.429. The summed E-state index contributed by atoms with van der Waals surface area (Å²) in [7, 11) is 0. The first kappa shape index (κ1) is 15.3. The minimum Gasteiger partial charge on any atom is -0.347 e. The first-order valence-corrected chi connectivity index (χ1v) is 7.47. The van der Waals surface area contributed by atoms with Gasteiger partial charge in [0.2, 0.25) is 0 Å². The van der Waals surface area contributed by atoms with Crippen LogP contribution in [0.25, 0.3) is 10.9 Å². The summed E-state index contributed by atoms with van der Waals surface area (Å²) in [5, 5.41) is 4.32. The molecule has 110 valence electrons. The molecule has 1 heterocycles. The minimum absolute atomic E-state index is 0.0238. The third kappa shape index (κ3) is 4.18. The highest BCUT2D eigenvalue weighted by molar-refractivity contribution is 8.00. The average Bonchev–Trinajstić information content (AvgIpc) is 2.77. The molecule has 0 aliphatic rings. The van der Waals surface area contributed by atoms with Gasteiger partial charge in [0.25, 0.3) is 0 Å². The zero-order valence-electron chi connectivity index (χ0n) is 11.2. The number of nitrogens with one attached hydrogen (secondary N) is 1. The van der Waals surface area contributed by atoms with E-state index >= 15 is 0 Å². The van der Waals surface area contributed by atoms with E-state index in [1.54, 1.807) is 0 Å². The van der Waals surface area contributed by atoms with Crippen LogP contribution in [-0.4, -0.2) is 22.4 Å². The van der Waals surface area contributed by atoms with Crippen molar-refractivity contribution in [3.05, 3.63) is 36.0 Å². The van der Waals surface area contributed by atoms with Crippen LogP contribution in [0.3, 0.4) is 0 Å². The molecule has 1 aromatic carbocycles. The largest absolute Gasteiger partial charge is 0.441 e. The van der Waals surface area contributed by atoms with Crippen LogP contribution in [-0.2, 0) is 13.1 Å². The number of alkyl halides is 3. The van der Waals surface area contributed by atoms with Gasteiger partial charge in [-0.3, -0.25) is 0 Å². The molecule has 1 N–H and O–H groups in total. The predicted molar refractivity (Wildman–Crippen MR) is 77.8 cm³/mol. The molecular formula is C14H17F3N2S. The lowest BCUT2D eigenvalue weighted by Gasteiger charge is -2.08. The number of hydrogen-bond acceptors (Lipinski definition) is 2. The van der Waals surface area contributed by atoms with Crippen LogP contribution < -0.4 is 5.32 Å². The molecule has 1 aromatic heterocycles. The van der Waals surface area contributed by atoms with Gasteiger partial charge in [-0.25, -0.2) is 0 Å². The molecule has 0 bridgehead atoms. The van der Waals surface area contributed by atoms with Crippen molar-refractivity contribution in [2.45, 2.75) is 25.5 Å². The number of fused-ring (bicyclic) bond motifs is 1. The number of aromatic nitrogens is 1. The molecule has 2 aromatic rings. The number of halogens is 3. The molecule has 0 saturated carbocycles. The van der Waals surface area contributed by atoms with Gasteiger partial charge in [0.05, 0.1) is 0 Å². The van der Waals surface area contributed by atoms with Gasteiger partial charge in [-0.2, -0.15) is 13.2 Å². The first-order chi connectivity index (χ1) is 9.49. The van der Waals surface area contributed by atoms with Crippen LogP contribution in [0.5, 0.6) is 0 Å². The van der Waals surface area contributed by atoms with Crippen LogP contribution >= 0.6 is 11.8 Å². The molecule has 0 saturated heterocycles. The second-order valence-corrected chi connectivity index (χ2v) is 5.64.